The van der Waals surface area contributed by atoms with E-state index in [9.17, 15) is 19.2 Å². The topological polar surface area (TPSA) is 147 Å². The van der Waals surface area contributed by atoms with Gasteiger partial charge in [-0.05, 0) is 6.42 Å². The van der Waals surface area contributed by atoms with Gasteiger partial charge in [0, 0.05) is 36.1 Å². The number of carbonyl (C=O) groups excluding carboxylic acids is 1. The van der Waals surface area contributed by atoms with Crippen LogP contribution in [0.1, 0.15) is 22.3 Å². The lowest BCUT2D eigenvalue weighted by Crippen LogP contribution is -2.44. The highest BCUT2D eigenvalue weighted by atomic mass is 16.4. The minimum Gasteiger partial charge on any atom is -0.481 e. The number of carboxylic acids is 1. The molecule has 10 nitrogen and oxygen atoms in total. The Morgan fingerprint density at radius 1 is 1.11 bits per heavy atom. The first-order valence-electron chi connectivity index (χ1n) is 8.20. The second kappa shape index (κ2) is 8.08. The maximum Gasteiger partial charge on any atom is 0.347 e. The average molecular weight is 381 g/mol. The molecule has 28 heavy (non-hydrogen) atoms. The van der Waals surface area contributed by atoms with Gasteiger partial charge in [-0.1, -0.05) is 30.3 Å². The van der Waals surface area contributed by atoms with Gasteiger partial charge in [-0.2, -0.15) is 4.68 Å². The Labute approximate surface area is 157 Å². The van der Waals surface area contributed by atoms with Crippen molar-refractivity contribution in [2.45, 2.75) is 12.8 Å². The van der Waals surface area contributed by atoms with E-state index in [-0.39, 0.29) is 24.0 Å². The number of aromatic amines is 1. The first kappa shape index (κ1) is 18.7. The van der Waals surface area contributed by atoms with E-state index in [0.717, 1.165) is 11.8 Å². The van der Waals surface area contributed by atoms with Crippen molar-refractivity contribution in [1.29, 1.82) is 0 Å². The van der Waals surface area contributed by atoms with Crippen molar-refractivity contribution in [1.82, 2.24) is 19.6 Å². The van der Waals surface area contributed by atoms with Gasteiger partial charge >= 0.3 is 11.7 Å². The van der Waals surface area contributed by atoms with Crippen molar-refractivity contribution in [2.75, 3.05) is 5.43 Å². The highest BCUT2D eigenvalue weighted by Gasteiger charge is 2.14. The predicted octanol–water partition coefficient (Wildman–Crippen LogP) is 0.395. The zero-order chi connectivity index (χ0) is 20.1. The first-order valence-corrected chi connectivity index (χ1v) is 8.20. The van der Waals surface area contributed by atoms with Crippen LogP contribution in [-0.2, 0) is 11.2 Å². The van der Waals surface area contributed by atoms with Gasteiger partial charge in [-0.3, -0.25) is 19.8 Å². The Kier molecular flexibility index (Phi) is 5.40. The van der Waals surface area contributed by atoms with Crippen LogP contribution in [0.2, 0.25) is 0 Å². The number of rotatable bonds is 6. The van der Waals surface area contributed by atoms with Gasteiger partial charge in [0.05, 0.1) is 5.56 Å². The van der Waals surface area contributed by atoms with Crippen molar-refractivity contribution < 1.29 is 14.7 Å². The first-order chi connectivity index (χ1) is 13.5. The molecule has 0 atom stereocenters. The molecule has 0 aliphatic carbocycles. The minimum absolute atomic E-state index is 0.0434. The number of aryl methyl sites for hydroxylation is 1. The van der Waals surface area contributed by atoms with Crippen molar-refractivity contribution >= 4 is 11.9 Å². The molecule has 2 aromatic heterocycles. The molecule has 2 heterocycles. The van der Waals surface area contributed by atoms with Crippen LogP contribution >= 0.6 is 0 Å². The minimum atomic E-state index is -1.09. The second-order valence-electron chi connectivity index (χ2n) is 5.76. The lowest BCUT2D eigenvalue weighted by atomic mass is 10.2. The van der Waals surface area contributed by atoms with Crippen LogP contribution in [0.5, 0.6) is 0 Å². The molecule has 142 valence electrons. The molecule has 0 unspecified atom stereocenters. The van der Waals surface area contributed by atoms with Crippen molar-refractivity contribution in [3.63, 3.8) is 0 Å². The third-order valence-electron chi connectivity index (χ3n) is 3.82. The molecule has 0 saturated carbocycles. The van der Waals surface area contributed by atoms with E-state index in [2.05, 4.69) is 20.4 Å². The largest absolute Gasteiger partial charge is 0.481 e. The molecule has 10 heteroatoms. The molecule has 0 saturated heterocycles. The molecular formula is C18H15N5O5. The molecule has 0 spiro atoms. The number of carboxylic acid groups (broad SMARTS) is 1. The number of nitrogens with zero attached hydrogens (tertiary/aromatic N) is 3. The quantitative estimate of drug-likeness (QED) is 0.560. The number of hydrogen-bond donors (Lipinski definition) is 3. The highest BCUT2D eigenvalue weighted by molar-refractivity contribution is 5.99. The molecule has 0 aliphatic rings. The molecule has 0 aliphatic heterocycles. The Morgan fingerprint density at radius 3 is 2.43 bits per heavy atom. The van der Waals surface area contributed by atoms with E-state index in [4.69, 9.17) is 5.11 Å². The summed E-state index contributed by atoms with van der Waals surface area (Å²) in [5.41, 5.74) is 1.38. The summed E-state index contributed by atoms with van der Waals surface area (Å²) >= 11 is 0. The third kappa shape index (κ3) is 4.18. The monoisotopic (exact) mass is 381 g/mol. The maximum atomic E-state index is 12.3. The van der Waals surface area contributed by atoms with Crippen molar-refractivity contribution in [3.8, 4) is 11.4 Å². The summed E-state index contributed by atoms with van der Waals surface area (Å²) in [6.45, 7) is 0. The van der Waals surface area contributed by atoms with Crippen LogP contribution in [0.15, 0.2) is 58.5 Å². The fourth-order valence-corrected chi connectivity index (χ4v) is 2.38. The lowest BCUT2D eigenvalue weighted by Gasteiger charge is -2.08. The van der Waals surface area contributed by atoms with Gasteiger partial charge < -0.3 is 10.1 Å². The maximum absolute atomic E-state index is 12.3. The van der Waals surface area contributed by atoms with Crippen LogP contribution in [0.25, 0.3) is 11.4 Å². The predicted molar refractivity (Wildman–Crippen MR) is 98.4 cm³/mol. The standard InChI is InChI=1S/C18H15N5O5/c24-14(25)7-6-12-8-21-18(28)23(17(12)27)22-16(26)13-9-19-15(20-10-13)11-4-2-1-3-5-11/h1-5,8-10H,6-7H2,(H,21,28)(H,22,26)(H,24,25). The summed E-state index contributed by atoms with van der Waals surface area (Å²) in [4.78, 5) is 57.7. The Balaban J connectivity index is 1.81. The number of carbonyl (C=O) groups is 2. The molecule has 3 rings (SSSR count). The normalized spacial score (nSPS) is 10.4. The molecule has 3 aromatic rings. The van der Waals surface area contributed by atoms with E-state index in [1.807, 2.05) is 30.3 Å². The number of H-pyrrole nitrogens is 1. The molecular weight excluding hydrogens is 366 g/mol. The fourth-order valence-electron chi connectivity index (χ4n) is 2.38. The van der Waals surface area contributed by atoms with E-state index in [1.54, 1.807) is 0 Å². The van der Waals surface area contributed by atoms with Crippen molar-refractivity contribution in [2.24, 2.45) is 0 Å². The van der Waals surface area contributed by atoms with Crippen LogP contribution < -0.4 is 16.7 Å². The Hall–Kier alpha value is -4.08. The zero-order valence-electron chi connectivity index (χ0n) is 14.5. The molecule has 3 N–H and O–H groups in total. The summed E-state index contributed by atoms with van der Waals surface area (Å²) in [7, 11) is 0. The van der Waals surface area contributed by atoms with Gasteiger partial charge in [-0.15, -0.1) is 0 Å². The molecule has 1 amide bonds. The number of benzene rings is 1. The van der Waals surface area contributed by atoms with Crippen LogP contribution in [0.4, 0.5) is 0 Å². The van der Waals surface area contributed by atoms with E-state index in [0.29, 0.717) is 10.5 Å². The molecule has 1 aromatic carbocycles. The third-order valence-corrected chi connectivity index (χ3v) is 3.82. The summed E-state index contributed by atoms with van der Waals surface area (Å²) in [6.07, 6.45) is 3.31. The van der Waals surface area contributed by atoms with E-state index < -0.39 is 23.1 Å². The van der Waals surface area contributed by atoms with Gasteiger partial charge in [-0.25, -0.2) is 14.8 Å². The van der Waals surface area contributed by atoms with E-state index in [1.165, 1.54) is 12.4 Å². The van der Waals surface area contributed by atoms with Gasteiger partial charge in [0.15, 0.2) is 5.82 Å². The molecule has 0 fully saturated rings. The second-order valence-corrected chi connectivity index (χ2v) is 5.76. The van der Waals surface area contributed by atoms with E-state index >= 15 is 0 Å². The fraction of sp³-hybridized carbons (Fsp3) is 0.111. The average Bonchev–Trinajstić information content (AvgIpc) is 2.71. The summed E-state index contributed by atoms with van der Waals surface area (Å²) < 4.78 is 0.491. The number of aliphatic carboxylic acids is 1. The van der Waals surface area contributed by atoms with Gasteiger partial charge in [0.1, 0.15) is 0 Å². The SMILES string of the molecule is O=C(O)CCc1c[nH]c(=O)n(NC(=O)c2cnc(-c3ccccc3)nc2)c1=O. The van der Waals surface area contributed by atoms with Gasteiger partial charge in [0.25, 0.3) is 11.5 Å². The smallest absolute Gasteiger partial charge is 0.347 e. The lowest BCUT2D eigenvalue weighted by molar-refractivity contribution is -0.136. The Morgan fingerprint density at radius 2 is 1.79 bits per heavy atom. The molecule has 0 radical (unpaired) electrons. The Bertz CT molecular complexity index is 1120. The zero-order valence-corrected chi connectivity index (χ0v) is 14.5. The van der Waals surface area contributed by atoms with Gasteiger partial charge in [0.2, 0.25) is 0 Å². The number of aromatic nitrogens is 4. The number of hydrogen-bond acceptors (Lipinski definition) is 6. The summed E-state index contributed by atoms with van der Waals surface area (Å²) in [5, 5.41) is 8.72. The van der Waals surface area contributed by atoms with Crippen LogP contribution in [-0.4, -0.2) is 36.6 Å². The number of nitrogens with one attached hydrogen (secondary N) is 2. The highest BCUT2D eigenvalue weighted by Crippen LogP contribution is 2.13. The summed E-state index contributed by atoms with van der Waals surface area (Å²) in [5.74, 6) is -1.43. The van der Waals surface area contributed by atoms with Crippen LogP contribution in [0.3, 0.4) is 0 Å². The number of amides is 1. The summed E-state index contributed by atoms with van der Waals surface area (Å²) in [6, 6.07) is 9.14. The van der Waals surface area contributed by atoms with Crippen molar-refractivity contribution in [3.05, 3.63) is 80.9 Å². The molecule has 0 bridgehead atoms. The van der Waals surface area contributed by atoms with Crippen LogP contribution in [0, 0.1) is 0 Å².